The van der Waals surface area contributed by atoms with E-state index in [2.05, 4.69) is 334 Å². The van der Waals surface area contributed by atoms with E-state index < -0.39 is 0 Å². The maximum absolute atomic E-state index is 2.61. The highest BCUT2D eigenvalue weighted by atomic mass is 15.2. The van der Waals surface area contributed by atoms with Gasteiger partial charge in [-0.1, -0.05) is 217 Å². The maximum atomic E-state index is 2.61. The molecule has 4 nitrogen and oxygen atoms in total. The number of anilines is 9. The first-order valence-electron chi connectivity index (χ1n) is 29.9. The van der Waals surface area contributed by atoms with Crippen LogP contribution in [0.3, 0.4) is 0 Å². The molecule has 0 saturated heterocycles. The normalized spacial score (nSPS) is 13.0. The van der Waals surface area contributed by atoms with Crippen LogP contribution in [0, 0.1) is 0 Å². The third kappa shape index (κ3) is 8.20. The van der Waals surface area contributed by atoms with Crippen LogP contribution in [0.4, 0.5) is 51.2 Å². The summed E-state index contributed by atoms with van der Waals surface area (Å²) in [5, 5.41) is 5.18. The second-order valence-electron chi connectivity index (χ2n) is 25.4. The van der Waals surface area contributed by atoms with Crippen LogP contribution in [0.5, 0.6) is 0 Å². The monoisotopic (exact) mass is 1090 g/mol. The summed E-state index contributed by atoms with van der Waals surface area (Å²) in [6.07, 6.45) is 0. The summed E-state index contributed by atoms with van der Waals surface area (Å²) in [4.78, 5) is 7.59. The molecular weight excluding hydrogens is 1030 g/mol. The SMILES string of the molecule is CC(C)(C)c1ccc2c(c1)c1cc(C(C)(C)C)cc3c4cc5c(cc4n2c13)N(c1ccc(-c2ccccc2)cc1)c1cc(N(c2ccccc2)c2ccccc2)cc2c1B5c1cc(-c3ccccc3)ccc1N2c1ccc(-c2ccccc2)cc1. The lowest BCUT2D eigenvalue weighted by atomic mass is 9.33. The molecule has 0 aliphatic carbocycles. The van der Waals surface area contributed by atoms with E-state index in [9.17, 15) is 0 Å². The first kappa shape index (κ1) is 50.6. The van der Waals surface area contributed by atoms with Crippen LogP contribution in [0.25, 0.3) is 71.5 Å². The zero-order valence-electron chi connectivity index (χ0n) is 48.8. The fraction of sp³-hybridized carbons (Fsp3) is 0.100. The van der Waals surface area contributed by atoms with E-state index in [1.54, 1.807) is 0 Å². The van der Waals surface area contributed by atoms with Gasteiger partial charge in [0.05, 0.1) is 22.2 Å². The van der Waals surface area contributed by atoms with Crippen molar-refractivity contribution in [2.45, 2.75) is 52.4 Å². The summed E-state index contributed by atoms with van der Waals surface area (Å²) in [7, 11) is 0. The maximum Gasteiger partial charge on any atom is 0.252 e. The van der Waals surface area contributed by atoms with Crippen molar-refractivity contribution in [1.29, 1.82) is 0 Å². The van der Waals surface area contributed by atoms with Gasteiger partial charge < -0.3 is 19.1 Å². The Kier molecular flexibility index (Phi) is 11.5. The summed E-state index contributed by atoms with van der Waals surface area (Å²) in [6, 6.07) is 102. The Morgan fingerprint density at radius 1 is 0.306 bits per heavy atom. The standard InChI is InChI=1S/C80H63BN4/c1-79(2,3)58-37-43-71-65(45-58)67-46-59(80(4,5)6)47-68-66-50-70-74(51-73(66)85(71)78(67)68)84(63-40-34-56(35-41-63)53-24-14-8-15-25-53)76-49-64(82(60-28-18-10-19-29-60)61-30-20-11-21-31-61)48-75-77(76)81(70)69-44-57(54-26-16-9-17-27-54)36-42-72(69)83(75)62-38-32-55(33-39-62)52-22-12-7-13-23-52/h7-51H,1-6H3. The molecule has 0 amide bonds. The van der Waals surface area contributed by atoms with Crippen molar-refractivity contribution in [3.05, 3.63) is 284 Å². The van der Waals surface area contributed by atoms with Crippen LogP contribution in [-0.2, 0) is 10.8 Å². The molecule has 0 N–H and O–H groups in total. The Hall–Kier alpha value is -10.1. The summed E-state index contributed by atoms with van der Waals surface area (Å²) in [5.41, 5.74) is 27.3. The Labute approximate surface area is 498 Å². The molecule has 2 aliphatic rings. The van der Waals surface area contributed by atoms with E-state index in [1.807, 2.05) is 0 Å². The van der Waals surface area contributed by atoms with Crippen molar-refractivity contribution in [2.24, 2.45) is 0 Å². The molecule has 2 aliphatic heterocycles. The van der Waals surface area contributed by atoms with Gasteiger partial charge in [-0.25, -0.2) is 0 Å². The largest absolute Gasteiger partial charge is 0.311 e. The number of para-hydroxylation sites is 2. The predicted octanol–water partition coefficient (Wildman–Crippen LogP) is 20.0. The van der Waals surface area contributed by atoms with Gasteiger partial charge in [0.25, 0.3) is 6.71 Å². The van der Waals surface area contributed by atoms with E-state index in [4.69, 9.17) is 0 Å². The van der Waals surface area contributed by atoms with Gasteiger partial charge in [0.1, 0.15) is 0 Å². The molecule has 85 heavy (non-hydrogen) atoms. The van der Waals surface area contributed by atoms with Crippen LogP contribution >= 0.6 is 0 Å². The topological polar surface area (TPSA) is 14.1 Å². The molecular formula is C80H63BN4. The molecule has 2 aromatic heterocycles. The van der Waals surface area contributed by atoms with Crippen molar-refractivity contribution >= 4 is 112 Å². The quantitative estimate of drug-likeness (QED) is 0.141. The molecule has 14 aromatic rings. The molecule has 0 fully saturated rings. The lowest BCUT2D eigenvalue weighted by Gasteiger charge is -2.45. The van der Waals surface area contributed by atoms with Crippen molar-refractivity contribution in [2.75, 3.05) is 14.7 Å². The van der Waals surface area contributed by atoms with Crippen LogP contribution in [0.1, 0.15) is 52.7 Å². The number of rotatable bonds is 8. The smallest absolute Gasteiger partial charge is 0.252 e. The molecule has 0 atom stereocenters. The Morgan fingerprint density at radius 3 is 1.24 bits per heavy atom. The minimum Gasteiger partial charge on any atom is -0.311 e. The fourth-order valence-corrected chi connectivity index (χ4v) is 13.9. The van der Waals surface area contributed by atoms with Crippen LogP contribution < -0.4 is 31.1 Å². The van der Waals surface area contributed by atoms with Crippen LogP contribution in [0.2, 0.25) is 0 Å². The number of fused-ring (bicyclic) bond motifs is 10. The highest BCUT2D eigenvalue weighted by molar-refractivity contribution is 7.00. The number of hydrogen-bond donors (Lipinski definition) is 0. The lowest BCUT2D eigenvalue weighted by Crippen LogP contribution is -2.61. The van der Waals surface area contributed by atoms with Crippen molar-refractivity contribution in [3.63, 3.8) is 0 Å². The van der Waals surface area contributed by atoms with Gasteiger partial charge in [-0.05, 0) is 169 Å². The first-order chi connectivity index (χ1) is 41.4. The molecule has 406 valence electrons. The van der Waals surface area contributed by atoms with E-state index in [-0.39, 0.29) is 17.5 Å². The molecule has 16 rings (SSSR count). The average molecular weight is 1090 g/mol. The highest BCUT2D eigenvalue weighted by Crippen LogP contribution is 2.51. The zero-order valence-corrected chi connectivity index (χ0v) is 48.8. The fourth-order valence-electron chi connectivity index (χ4n) is 13.9. The first-order valence-corrected chi connectivity index (χ1v) is 29.9. The van der Waals surface area contributed by atoms with Gasteiger partial charge in [-0.2, -0.15) is 0 Å². The average Bonchev–Trinajstić information content (AvgIpc) is 1.84. The van der Waals surface area contributed by atoms with Crippen LogP contribution in [-0.4, -0.2) is 11.1 Å². The van der Waals surface area contributed by atoms with Crippen LogP contribution in [0.15, 0.2) is 273 Å². The third-order valence-electron chi connectivity index (χ3n) is 18.2. The van der Waals surface area contributed by atoms with Gasteiger partial charge in [0.2, 0.25) is 0 Å². The number of aromatic nitrogens is 1. The van der Waals surface area contributed by atoms with Gasteiger partial charge in [0.15, 0.2) is 0 Å². The molecule has 12 aromatic carbocycles. The van der Waals surface area contributed by atoms with Crippen molar-refractivity contribution in [3.8, 4) is 33.4 Å². The summed E-state index contributed by atoms with van der Waals surface area (Å²) >= 11 is 0. The van der Waals surface area contributed by atoms with E-state index in [0.29, 0.717) is 0 Å². The van der Waals surface area contributed by atoms with Gasteiger partial charge in [0, 0.05) is 67.0 Å². The molecule has 4 heterocycles. The van der Waals surface area contributed by atoms with E-state index in [1.165, 1.54) is 105 Å². The summed E-state index contributed by atoms with van der Waals surface area (Å²) < 4.78 is 2.60. The third-order valence-corrected chi connectivity index (χ3v) is 18.2. The molecule has 0 radical (unpaired) electrons. The highest BCUT2D eigenvalue weighted by Gasteiger charge is 2.45. The number of hydrogen-bond acceptors (Lipinski definition) is 3. The second kappa shape index (κ2) is 19.2. The molecule has 0 bridgehead atoms. The molecule has 0 spiro atoms. The van der Waals surface area contributed by atoms with Crippen molar-refractivity contribution < 1.29 is 0 Å². The van der Waals surface area contributed by atoms with Gasteiger partial charge >= 0.3 is 0 Å². The van der Waals surface area contributed by atoms with E-state index in [0.717, 1.165) is 45.5 Å². The Bertz CT molecular complexity index is 4830. The minimum absolute atomic E-state index is 0.00963. The minimum atomic E-state index is -0.160. The summed E-state index contributed by atoms with van der Waals surface area (Å²) in [6.45, 7) is 13.9. The number of benzene rings is 12. The molecule has 5 heteroatoms. The Morgan fingerprint density at radius 2 is 0.729 bits per heavy atom. The Balaban J connectivity index is 1.05. The predicted molar refractivity (Wildman–Crippen MR) is 364 cm³/mol. The van der Waals surface area contributed by atoms with Gasteiger partial charge in [-0.15, -0.1) is 0 Å². The molecule has 0 unspecified atom stereocenters. The second-order valence-corrected chi connectivity index (χ2v) is 25.4. The summed E-state index contributed by atoms with van der Waals surface area (Å²) in [5.74, 6) is 0. The number of nitrogens with zero attached hydrogens (tertiary/aromatic N) is 4. The van der Waals surface area contributed by atoms with E-state index >= 15 is 0 Å². The molecule has 0 saturated carbocycles. The van der Waals surface area contributed by atoms with Crippen molar-refractivity contribution in [1.82, 2.24) is 4.40 Å². The lowest BCUT2D eigenvalue weighted by molar-refractivity contribution is 0.590. The van der Waals surface area contributed by atoms with Gasteiger partial charge in [-0.3, -0.25) is 0 Å². The zero-order chi connectivity index (χ0) is 57.3.